The minimum Gasteiger partial charge on any atom is -0.331 e. The predicted molar refractivity (Wildman–Crippen MR) is 103 cm³/mol. The maximum Gasteiger partial charge on any atom is 0.259 e. The van der Waals surface area contributed by atoms with E-state index in [1.54, 1.807) is 16.8 Å². The van der Waals surface area contributed by atoms with Gasteiger partial charge in [-0.05, 0) is 30.5 Å². The summed E-state index contributed by atoms with van der Waals surface area (Å²) in [6, 6.07) is 17.5. The second-order valence-electron chi connectivity index (χ2n) is 6.94. The molecule has 5 rings (SSSR count). The highest BCUT2D eigenvalue weighted by atomic mass is 16.2. The Morgan fingerprint density at radius 3 is 2.63 bits per heavy atom. The van der Waals surface area contributed by atoms with Crippen LogP contribution in [0.3, 0.4) is 0 Å². The van der Waals surface area contributed by atoms with Crippen LogP contribution >= 0.6 is 0 Å². The maximum absolute atomic E-state index is 13.3. The molecule has 134 valence electrons. The van der Waals surface area contributed by atoms with Crippen molar-refractivity contribution in [2.45, 2.75) is 25.4 Å². The average molecular weight is 358 g/mol. The van der Waals surface area contributed by atoms with Gasteiger partial charge in [0, 0.05) is 12.6 Å². The van der Waals surface area contributed by atoms with Gasteiger partial charge in [-0.15, -0.1) is 0 Å². The van der Waals surface area contributed by atoms with E-state index in [0.29, 0.717) is 28.7 Å². The van der Waals surface area contributed by atoms with Gasteiger partial charge in [-0.1, -0.05) is 42.5 Å². The number of hydrogen-bond donors (Lipinski definition) is 1. The number of hydrogen-bond acceptors (Lipinski definition) is 3. The molecular weight excluding hydrogens is 340 g/mol. The lowest BCUT2D eigenvalue weighted by molar-refractivity contribution is 0.0731. The lowest BCUT2D eigenvalue weighted by atomic mass is 10.2. The Hall–Kier alpha value is -3.41. The van der Waals surface area contributed by atoms with Crippen LogP contribution in [0.4, 0.5) is 0 Å². The van der Waals surface area contributed by atoms with E-state index in [9.17, 15) is 9.59 Å². The SMILES string of the molecule is O=C(c1cnn2c1[nH]c(=O)c1ccccc12)N(Cc1ccccc1)C1CC1. The van der Waals surface area contributed by atoms with Gasteiger partial charge in [0.2, 0.25) is 0 Å². The first-order valence-corrected chi connectivity index (χ1v) is 9.06. The van der Waals surface area contributed by atoms with Gasteiger partial charge >= 0.3 is 0 Å². The molecule has 1 fully saturated rings. The number of nitrogens with one attached hydrogen (secondary N) is 1. The fourth-order valence-electron chi connectivity index (χ4n) is 3.52. The Morgan fingerprint density at radius 2 is 1.85 bits per heavy atom. The van der Waals surface area contributed by atoms with Crippen LogP contribution in [0.25, 0.3) is 16.6 Å². The van der Waals surface area contributed by atoms with Crippen molar-refractivity contribution in [1.82, 2.24) is 19.5 Å². The van der Waals surface area contributed by atoms with Gasteiger partial charge in [-0.25, -0.2) is 4.52 Å². The lowest BCUT2D eigenvalue weighted by Gasteiger charge is -2.22. The molecule has 0 aliphatic heterocycles. The van der Waals surface area contributed by atoms with Crippen molar-refractivity contribution in [3.63, 3.8) is 0 Å². The van der Waals surface area contributed by atoms with Crippen molar-refractivity contribution < 1.29 is 4.79 Å². The normalized spacial score (nSPS) is 13.9. The standard InChI is InChI=1S/C21H18N4O2/c26-20-16-8-4-5-9-18(16)25-19(23-20)17(12-22-25)21(27)24(15-10-11-15)13-14-6-2-1-3-7-14/h1-9,12,15H,10-11,13H2,(H,23,26). The van der Waals surface area contributed by atoms with Crippen LogP contribution in [-0.4, -0.2) is 31.4 Å². The highest BCUT2D eigenvalue weighted by molar-refractivity contribution is 6.01. The zero-order valence-corrected chi connectivity index (χ0v) is 14.6. The molecule has 0 radical (unpaired) electrons. The van der Waals surface area contributed by atoms with E-state index < -0.39 is 0 Å². The van der Waals surface area contributed by atoms with Crippen LogP contribution in [0.1, 0.15) is 28.8 Å². The minimum absolute atomic E-state index is 0.0951. The summed E-state index contributed by atoms with van der Waals surface area (Å²) in [5, 5.41) is 4.93. The number of fused-ring (bicyclic) bond motifs is 3. The van der Waals surface area contributed by atoms with E-state index in [1.807, 2.05) is 53.4 Å². The third-order valence-electron chi connectivity index (χ3n) is 5.05. The Bertz CT molecular complexity index is 1210. The molecule has 2 aromatic carbocycles. The van der Waals surface area contributed by atoms with Gasteiger partial charge in [0.05, 0.1) is 17.1 Å². The summed E-state index contributed by atoms with van der Waals surface area (Å²) in [6.07, 6.45) is 3.58. The van der Waals surface area contributed by atoms with Gasteiger partial charge in [-0.3, -0.25) is 9.59 Å². The molecule has 0 spiro atoms. The lowest BCUT2D eigenvalue weighted by Crippen LogP contribution is -2.32. The summed E-state index contributed by atoms with van der Waals surface area (Å²) in [6.45, 7) is 0.555. The topological polar surface area (TPSA) is 70.5 Å². The first-order valence-electron chi connectivity index (χ1n) is 9.06. The number of benzene rings is 2. The van der Waals surface area contributed by atoms with E-state index in [-0.39, 0.29) is 17.5 Å². The molecule has 1 amide bonds. The molecular formula is C21H18N4O2. The third kappa shape index (κ3) is 2.70. The molecule has 0 saturated heterocycles. The number of aromatic nitrogens is 3. The van der Waals surface area contributed by atoms with Crippen LogP contribution in [-0.2, 0) is 6.54 Å². The van der Waals surface area contributed by atoms with Gasteiger partial charge in [0.25, 0.3) is 11.5 Å². The number of aromatic amines is 1. The van der Waals surface area contributed by atoms with Gasteiger partial charge in [0.1, 0.15) is 11.2 Å². The van der Waals surface area contributed by atoms with Crippen LogP contribution in [0.5, 0.6) is 0 Å². The predicted octanol–water partition coefficient (Wildman–Crippen LogP) is 2.98. The largest absolute Gasteiger partial charge is 0.331 e. The number of amides is 1. The fraction of sp³-hybridized carbons (Fsp3) is 0.190. The van der Waals surface area contributed by atoms with Crippen LogP contribution in [0, 0.1) is 0 Å². The van der Waals surface area contributed by atoms with E-state index in [4.69, 9.17) is 0 Å². The Kier molecular flexibility index (Phi) is 3.57. The third-order valence-corrected chi connectivity index (χ3v) is 5.05. The number of carbonyl (C=O) groups is 1. The molecule has 0 bridgehead atoms. The van der Waals surface area contributed by atoms with Gasteiger partial charge < -0.3 is 9.88 Å². The zero-order valence-electron chi connectivity index (χ0n) is 14.6. The van der Waals surface area contributed by atoms with E-state index in [1.165, 1.54) is 0 Å². The van der Waals surface area contributed by atoms with Crippen molar-refractivity contribution in [3.05, 3.63) is 82.3 Å². The van der Waals surface area contributed by atoms with E-state index in [2.05, 4.69) is 10.1 Å². The molecule has 6 heteroatoms. The van der Waals surface area contributed by atoms with Crippen molar-refractivity contribution in [1.29, 1.82) is 0 Å². The molecule has 1 saturated carbocycles. The first kappa shape index (κ1) is 15.8. The van der Waals surface area contributed by atoms with E-state index in [0.717, 1.165) is 18.4 Å². The highest BCUT2D eigenvalue weighted by Crippen LogP contribution is 2.30. The van der Waals surface area contributed by atoms with Crippen molar-refractivity contribution in [2.75, 3.05) is 0 Å². The summed E-state index contributed by atoms with van der Waals surface area (Å²) in [5.41, 5.74) is 2.45. The number of carbonyl (C=O) groups excluding carboxylic acids is 1. The number of para-hydroxylation sites is 1. The maximum atomic E-state index is 13.3. The molecule has 1 aliphatic rings. The average Bonchev–Trinajstić information content (AvgIpc) is 3.46. The zero-order chi connectivity index (χ0) is 18.4. The highest BCUT2D eigenvalue weighted by Gasteiger charge is 2.34. The van der Waals surface area contributed by atoms with Crippen molar-refractivity contribution >= 4 is 22.5 Å². The smallest absolute Gasteiger partial charge is 0.259 e. The molecule has 27 heavy (non-hydrogen) atoms. The van der Waals surface area contributed by atoms with Crippen molar-refractivity contribution in [3.8, 4) is 0 Å². The van der Waals surface area contributed by atoms with Crippen molar-refractivity contribution in [2.24, 2.45) is 0 Å². The molecule has 0 unspecified atom stereocenters. The van der Waals surface area contributed by atoms with Gasteiger partial charge in [0.15, 0.2) is 0 Å². The summed E-state index contributed by atoms with van der Waals surface area (Å²) >= 11 is 0. The molecule has 6 nitrogen and oxygen atoms in total. The van der Waals surface area contributed by atoms with Crippen LogP contribution < -0.4 is 5.56 Å². The van der Waals surface area contributed by atoms with E-state index >= 15 is 0 Å². The molecule has 1 aliphatic carbocycles. The first-order chi connectivity index (χ1) is 13.2. The summed E-state index contributed by atoms with van der Waals surface area (Å²) in [7, 11) is 0. The number of rotatable bonds is 4. The molecule has 4 aromatic rings. The Balaban J connectivity index is 1.59. The van der Waals surface area contributed by atoms with Crippen LogP contribution in [0.2, 0.25) is 0 Å². The summed E-state index contributed by atoms with van der Waals surface area (Å²) in [5.74, 6) is -0.0951. The fourth-order valence-corrected chi connectivity index (χ4v) is 3.52. The quantitative estimate of drug-likeness (QED) is 0.610. The van der Waals surface area contributed by atoms with Crippen LogP contribution in [0.15, 0.2) is 65.6 Å². The molecule has 0 atom stereocenters. The second-order valence-corrected chi connectivity index (χ2v) is 6.94. The Morgan fingerprint density at radius 1 is 1.11 bits per heavy atom. The van der Waals surface area contributed by atoms with Gasteiger partial charge in [-0.2, -0.15) is 5.10 Å². The summed E-state index contributed by atoms with van der Waals surface area (Å²) < 4.78 is 1.64. The minimum atomic E-state index is -0.214. The Labute approximate surface area is 155 Å². The molecule has 2 heterocycles. The monoisotopic (exact) mass is 358 g/mol. The molecule has 1 N–H and O–H groups in total. The number of nitrogens with zero attached hydrogens (tertiary/aromatic N) is 3. The molecule has 2 aromatic heterocycles. The number of H-pyrrole nitrogens is 1. The summed E-state index contributed by atoms with van der Waals surface area (Å²) in [4.78, 5) is 30.5. The second kappa shape index (κ2) is 6.09.